The van der Waals surface area contributed by atoms with Crippen LogP contribution in [0.2, 0.25) is 0 Å². The summed E-state index contributed by atoms with van der Waals surface area (Å²) in [4.78, 5) is 11.9. The normalized spacial score (nSPS) is 14.9. The molecule has 0 aliphatic heterocycles. The monoisotopic (exact) mass is 314 g/mol. The number of hydrogen-bond donors (Lipinski definition) is 0. The molecule has 19 heavy (non-hydrogen) atoms. The van der Waals surface area contributed by atoms with E-state index in [1.165, 1.54) is 22.3 Å². The number of carbonyl (C=O) groups is 1. The minimum Gasteiger partial charge on any atom is -0.293 e. The lowest BCUT2D eigenvalue weighted by Gasteiger charge is -2.21. The van der Waals surface area contributed by atoms with E-state index >= 15 is 0 Å². The van der Waals surface area contributed by atoms with Crippen molar-refractivity contribution >= 4 is 21.7 Å². The predicted molar refractivity (Wildman–Crippen MR) is 82.1 cm³/mol. The fourth-order valence-electron chi connectivity index (χ4n) is 2.95. The molecule has 96 valence electrons. The topological polar surface area (TPSA) is 17.1 Å². The highest BCUT2D eigenvalue weighted by atomic mass is 79.9. The molecular weight excluding hydrogens is 300 g/mol. The molecule has 2 aromatic carbocycles. The maximum atomic E-state index is 11.9. The first-order valence-electron chi connectivity index (χ1n) is 6.39. The first-order valence-corrected chi connectivity index (χ1v) is 7.51. The zero-order chi connectivity index (χ0) is 13.6. The number of Topliss-reactive ketones (excluding diaryl/α,β-unsaturated/α-hetero) is 1. The second kappa shape index (κ2) is 4.31. The summed E-state index contributed by atoms with van der Waals surface area (Å²) in [7, 11) is 0. The number of hydrogen-bond acceptors (Lipinski definition) is 1. The van der Waals surface area contributed by atoms with E-state index in [2.05, 4.69) is 66.2 Å². The summed E-state index contributed by atoms with van der Waals surface area (Å²) >= 11 is 3.24. The van der Waals surface area contributed by atoms with Crippen LogP contribution in [0.4, 0.5) is 0 Å². The summed E-state index contributed by atoms with van der Waals surface area (Å²) in [6.07, 6.45) is 0. The van der Waals surface area contributed by atoms with Crippen LogP contribution in [-0.4, -0.2) is 11.1 Å². The third-order valence-electron chi connectivity index (χ3n) is 4.03. The zero-order valence-electron chi connectivity index (χ0n) is 11.0. The van der Waals surface area contributed by atoms with Gasteiger partial charge in [-0.3, -0.25) is 4.79 Å². The Morgan fingerprint density at radius 1 is 1.05 bits per heavy atom. The molecule has 1 nitrogen and oxygen atoms in total. The van der Waals surface area contributed by atoms with Crippen molar-refractivity contribution in [3.8, 4) is 11.1 Å². The first kappa shape index (κ1) is 12.6. The summed E-state index contributed by atoms with van der Waals surface area (Å²) in [6, 6.07) is 14.6. The van der Waals surface area contributed by atoms with E-state index in [-0.39, 0.29) is 11.2 Å². The van der Waals surface area contributed by atoms with Gasteiger partial charge in [-0.2, -0.15) is 0 Å². The minimum atomic E-state index is -0.0332. The molecule has 0 N–H and O–H groups in total. The molecule has 0 heterocycles. The van der Waals surface area contributed by atoms with E-state index < -0.39 is 0 Å². The van der Waals surface area contributed by atoms with Gasteiger partial charge < -0.3 is 0 Å². The number of benzene rings is 2. The molecule has 2 aromatic rings. The number of ketones is 1. The van der Waals surface area contributed by atoms with Crippen LogP contribution in [-0.2, 0) is 5.41 Å². The zero-order valence-corrected chi connectivity index (χ0v) is 12.6. The molecule has 1 aliphatic rings. The van der Waals surface area contributed by atoms with Gasteiger partial charge >= 0.3 is 0 Å². The third-order valence-corrected chi connectivity index (χ3v) is 4.54. The number of halogens is 1. The van der Waals surface area contributed by atoms with Crippen LogP contribution in [0.1, 0.15) is 35.3 Å². The van der Waals surface area contributed by atoms with Crippen molar-refractivity contribution in [2.24, 2.45) is 0 Å². The van der Waals surface area contributed by atoms with E-state index in [1.54, 1.807) is 0 Å². The Morgan fingerprint density at radius 2 is 1.74 bits per heavy atom. The predicted octanol–water partition coefficient (Wildman–Crippen LogP) is 4.57. The molecule has 1 aliphatic carbocycles. The number of rotatable bonds is 2. The first-order chi connectivity index (χ1) is 9.05. The van der Waals surface area contributed by atoms with Crippen LogP contribution in [0.5, 0.6) is 0 Å². The summed E-state index contributed by atoms with van der Waals surface area (Å²) in [5, 5.41) is 0.374. The standard InChI is InChI=1S/C17H15BrO/c1-17(2)14-6-4-3-5-12(14)13-8-7-11(9-15(13)17)16(19)10-18/h3-9H,10H2,1-2H3. The van der Waals surface area contributed by atoms with Crippen molar-refractivity contribution in [2.75, 3.05) is 5.33 Å². The Labute approximate surface area is 121 Å². The van der Waals surface area contributed by atoms with Crippen molar-refractivity contribution in [3.63, 3.8) is 0 Å². The van der Waals surface area contributed by atoms with Gasteiger partial charge in [0.1, 0.15) is 0 Å². The van der Waals surface area contributed by atoms with Crippen LogP contribution in [0, 0.1) is 0 Å². The Hall–Kier alpha value is -1.41. The van der Waals surface area contributed by atoms with Gasteiger partial charge in [-0.25, -0.2) is 0 Å². The van der Waals surface area contributed by atoms with Crippen LogP contribution in [0.15, 0.2) is 42.5 Å². The summed E-state index contributed by atoms with van der Waals surface area (Å²) in [6.45, 7) is 4.44. The van der Waals surface area contributed by atoms with Gasteiger partial charge in [0.25, 0.3) is 0 Å². The van der Waals surface area contributed by atoms with E-state index in [1.807, 2.05) is 6.07 Å². The lowest BCUT2D eigenvalue weighted by molar-refractivity contribution is 0.102. The SMILES string of the molecule is CC1(C)c2ccccc2-c2ccc(C(=O)CBr)cc21. The molecule has 0 atom stereocenters. The third kappa shape index (κ3) is 1.78. The van der Waals surface area contributed by atoms with E-state index in [0.717, 1.165) is 5.56 Å². The van der Waals surface area contributed by atoms with E-state index in [4.69, 9.17) is 0 Å². The van der Waals surface area contributed by atoms with E-state index in [0.29, 0.717) is 5.33 Å². The Bertz CT molecular complexity index is 671. The van der Waals surface area contributed by atoms with Crippen LogP contribution in [0.3, 0.4) is 0 Å². The molecule has 0 bridgehead atoms. The highest BCUT2D eigenvalue weighted by Crippen LogP contribution is 2.48. The fourth-order valence-corrected chi connectivity index (χ4v) is 3.28. The molecule has 3 rings (SSSR count). The molecule has 0 spiro atoms. The highest BCUT2D eigenvalue weighted by molar-refractivity contribution is 9.09. The molecule has 0 amide bonds. The molecular formula is C17H15BrO. The number of alkyl halides is 1. The molecule has 0 saturated carbocycles. The van der Waals surface area contributed by atoms with Crippen molar-refractivity contribution in [1.29, 1.82) is 0 Å². The van der Waals surface area contributed by atoms with Crippen LogP contribution >= 0.6 is 15.9 Å². The molecule has 0 fully saturated rings. The van der Waals surface area contributed by atoms with Gasteiger partial charge in [0, 0.05) is 11.0 Å². The van der Waals surface area contributed by atoms with Gasteiger partial charge in [-0.1, -0.05) is 66.2 Å². The van der Waals surface area contributed by atoms with Crippen LogP contribution < -0.4 is 0 Å². The van der Waals surface area contributed by atoms with Crippen molar-refractivity contribution < 1.29 is 4.79 Å². The molecule has 2 heteroatoms. The quantitative estimate of drug-likeness (QED) is 0.586. The van der Waals surface area contributed by atoms with Gasteiger partial charge in [0.15, 0.2) is 5.78 Å². The van der Waals surface area contributed by atoms with Crippen LogP contribution in [0.25, 0.3) is 11.1 Å². The van der Waals surface area contributed by atoms with Gasteiger partial charge in [0.05, 0.1) is 5.33 Å². The lowest BCUT2D eigenvalue weighted by Crippen LogP contribution is -2.15. The largest absolute Gasteiger partial charge is 0.293 e. The summed E-state index contributed by atoms with van der Waals surface area (Å²) in [5.74, 6) is 0.134. The fraction of sp³-hybridized carbons (Fsp3) is 0.235. The molecule has 0 saturated heterocycles. The summed E-state index contributed by atoms with van der Waals surface area (Å²) in [5.41, 5.74) is 5.90. The Balaban J connectivity index is 2.24. The highest BCUT2D eigenvalue weighted by Gasteiger charge is 2.35. The van der Waals surface area contributed by atoms with Gasteiger partial charge in [0.2, 0.25) is 0 Å². The average Bonchev–Trinajstić information content (AvgIpc) is 2.67. The summed E-state index contributed by atoms with van der Waals surface area (Å²) < 4.78 is 0. The maximum Gasteiger partial charge on any atom is 0.173 e. The van der Waals surface area contributed by atoms with Crippen molar-refractivity contribution in [2.45, 2.75) is 19.3 Å². The Kier molecular flexibility index (Phi) is 2.86. The molecule has 0 aromatic heterocycles. The van der Waals surface area contributed by atoms with E-state index in [9.17, 15) is 4.79 Å². The smallest absolute Gasteiger partial charge is 0.173 e. The van der Waals surface area contributed by atoms with Crippen molar-refractivity contribution in [3.05, 3.63) is 59.2 Å². The number of carbonyl (C=O) groups excluding carboxylic acids is 1. The average molecular weight is 315 g/mol. The maximum absolute atomic E-state index is 11.9. The van der Waals surface area contributed by atoms with Crippen molar-refractivity contribution in [1.82, 2.24) is 0 Å². The molecule has 0 radical (unpaired) electrons. The second-order valence-corrected chi connectivity index (χ2v) is 6.05. The number of fused-ring (bicyclic) bond motifs is 3. The minimum absolute atomic E-state index is 0.0332. The lowest BCUT2D eigenvalue weighted by atomic mass is 9.82. The second-order valence-electron chi connectivity index (χ2n) is 5.49. The molecule has 0 unspecified atom stereocenters. The Morgan fingerprint density at radius 3 is 2.47 bits per heavy atom. The van der Waals surface area contributed by atoms with Gasteiger partial charge in [-0.05, 0) is 28.3 Å². The van der Waals surface area contributed by atoms with Gasteiger partial charge in [-0.15, -0.1) is 0 Å².